The number of nitrogens with one attached hydrogen (secondary N) is 2. The molecular weight excluding hydrogens is 450 g/mol. The predicted octanol–water partition coefficient (Wildman–Crippen LogP) is 3.70. The van der Waals surface area contributed by atoms with Crippen LogP contribution >= 0.6 is 11.3 Å². The van der Waals surface area contributed by atoms with Crippen LogP contribution in [0.3, 0.4) is 0 Å². The maximum Gasteiger partial charge on any atom is 0.310 e. The van der Waals surface area contributed by atoms with Crippen LogP contribution in [-0.4, -0.2) is 59.5 Å². The van der Waals surface area contributed by atoms with Crippen LogP contribution in [0.1, 0.15) is 62.1 Å². The first kappa shape index (κ1) is 26.1. The Kier molecular flexibility index (Phi) is 8.65. The van der Waals surface area contributed by atoms with Crippen LogP contribution in [0, 0.1) is 11.8 Å². The predicted molar refractivity (Wildman–Crippen MR) is 135 cm³/mol. The van der Waals surface area contributed by atoms with Crippen LogP contribution in [-0.2, 0) is 21.5 Å². The van der Waals surface area contributed by atoms with E-state index in [1.54, 1.807) is 17.5 Å². The van der Waals surface area contributed by atoms with Crippen LogP contribution in [0.25, 0.3) is 0 Å². The van der Waals surface area contributed by atoms with E-state index in [9.17, 15) is 9.59 Å². The summed E-state index contributed by atoms with van der Waals surface area (Å²) >= 11 is 1.66. The zero-order chi connectivity index (χ0) is 24.9. The van der Waals surface area contributed by atoms with Crippen molar-refractivity contribution in [3.8, 4) is 0 Å². The fourth-order valence-electron chi connectivity index (χ4n) is 4.07. The number of anilines is 1. The molecule has 2 aromatic rings. The Balaban J connectivity index is 1.93. The van der Waals surface area contributed by atoms with E-state index in [-0.39, 0.29) is 35.2 Å². The average molecular weight is 488 g/mol. The number of aromatic nitrogens is 2. The van der Waals surface area contributed by atoms with E-state index >= 15 is 0 Å². The van der Waals surface area contributed by atoms with Crippen LogP contribution in [0.4, 0.5) is 5.82 Å². The van der Waals surface area contributed by atoms with Gasteiger partial charge in [0.1, 0.15) is 17.2 Å². The van der Waals surface area contributed by atoms with Crippen molar-refractivity contribution in [3.63, 3.8) is 0 Å². The van der Waals surface area contributed by atoms with Crippen LogP contribution in [0.15, 0.2) is 23.7 Å². The van der Waals surface area contributed by atoms with Gasteiger partial charge in [0.05, 0.1) is 19.6 Å². The molecule has 3 rings (SSSR count). The number of ether oxygens (including phenoxy) is 1. The van der Waals surface area contributed by atoms with Gasteiger partial charge in [0.2, 0.25) is 0 Å². The molecule has 34 heavy (non-hydrogen) atoms. The standard InChI is InChI=1S/C25H37N5O3S/c1-16(2)15-30(18-10-17(11-26-12-18)23(32)33-6)22(31)20-14-28-24(25(3,4)5)29-21(20)27-13-19-8-7-9-34-19/h7-9,14,16-18,26H,10-13,15H2,1-6H3,(H,27,28,29)/t17-,18+/m1/s1. The van der Waals surface area contributed by atoms with E-state index in [4.69, 9.17) is 9.72 Å². The number of nitrogens with zero attached hydrogens (tertiary/aromatic N) is 3. The van der Waals surface area contributed by atoms with Gasteiger partial charge in [0.15, 0.2) is 0 Å². The molecule has 0 aliphatic carbocycles. The van der Waals surface area contributed by atoms with E-state index < -0.39 is 0 Å². The van der Waals surface area contributed by atoms with E-state index in [1.807, 2.05) is 16.3 Å². The van der Waals surface area contributed by atoms with Gasteiger partial charge in [-0.05, 0) is 23.8 Å². The monoisotopic (exact) mass is 487 g/mol. The van der Waals surface area contributed by atoms with Crippen molar-refractivity contribution in [1.82, 2.24) is 20.2 Å². The van der Waals surface area contributed by atoms with Crippen LogP contribution < -0.4 is 10.6 Å². The lowest BCUT2D eigenvalue weighted by Gasteiger charge is -2.38. The average Bonchev–Trinajstić information content (AvgIpc) is 3.33. The highest BCUT2D eigenvalue weighted by atomic mass is 32.1. The first-order valence-corrected chi connectivity index (χ1v) is 12.7. The lowest BCUT2D eigenvalue weighted by Crippen LogP contribution is -2.53. The van der Waals surface area contributed by atoms with Crippen molar-refractivity contribution in [2.24, 2.45) is 11.8 Å². The lowest BCUT2D eigenvalue weighted by molar-refractivity contribution is -0.146. The van der Waals surface area contributed by atoms with Gasteiger partial charge in [0, 0.05) is 42.2 Å². The normalized spacial score (nSPS) is 18.6. The summed E-state index contributed by atoms with van der Waals surface area (Å²) in [4.78, 5) is 38.5. The minimum Gasteiger partial charge on any atom is -0.469 e. The van der Waals surface area contributed by atoms with E-state index in [1.165, 1.54) is 7.11 Å². The van der Waals surface area contributed by atoms with Crippen molar-refractivity contribution in [3.05, 3.63) is 40.0 Å². The quantitative estimate of drug-likeness (QED) is 0.548. The smallest absolute Gasteiger partial charge is 0.310 e. The Morgan fingerprint density at radius 1 is 1.32 bits per heavy atom. The summed E-state index contributed by atoms with van der Waals surface area (Å²) in [5.41, 5.74) is 0.199. The van der Waals surface area contributed by atoms with Crippen molar-refractivity contribution < 1.29 is 14.3 Å². The van der Waals surface area contributed by atoms with E-state index in [0.29, 0.717) is 49.8 Å². The Morgan fingerprint density at radius 3 is 2.71 bits per heavy atom. The number of rotatable bonds is 8. The minimum absolute atomic E-state index is 0.125. The molecule has 1 fully saturated rings. The number of methoxy groups -OCH3 is 1. The third-order valence-corrected chi connectivity index (χ3v) is 6.70. The molecule has 186 valence electrons. The second-order valence-electron chi connectivity index (χ2n) is 10.3. The second-order valence-corrected chi connectivity index (χ2v) is 11.3. The highest BCUT2D eigenvalue weighted by molar-refractivity contribution is 7.09. The first-order chi connectivity index (χ1) is 16.1. The number of piperidine rings is 1. The van der Waals surface area contributed by atoms with Gasteiger partial charge in [-0.3, -0.25) is 9.59 Å². The molecular formula is C25H37N5O3S. The Labute approximate surface area is 206 Å². The number of esters is 1. The molecule has 2 aromatic heterocycles. The Hall–Kier alpha value is -2.52. The van der Waals surface area contributed by atoms with Gasteiger partial charge in [-0.25, -0.2) is 9.97 Å². The van der Waals surface area contributed by atoms with E-state index in [0.717, 1.165) is 4.88 Å². The summed E-state index contributed by atoms with van der Waals surface area (Å²) in [7, 11) is 1.41. The van der Waals surface area contributed by atoms with Crippen LogP contribution in [0.2, 0.25) is 0 Å². The molecule has 2 atom stereocenters. The summed E-state index contributed by atoms with van der Waals surface area (Å²) in [6, 6.07) is 3.93. The van der Waals surface area contributed by atoms with Gasteiger partial charge in [-0.1, -0.05) is 40.7 Å². The zero-order valence-electron chi connectivity index (χ0n) is 21.1. The molecule has 0 bridgehead atoms. The summed E-state index contributed by atoms with van der Waals surface area (Å²) in [6.45, 7) is 12.7. The van der Waals surface area contributed by atoms with E-state index in [2.05, 4.69) is 56.3 Å². The summed E-state index contributed by atoms with van der Waals surface area (Å²) in [6.07, 6.45) is 2.21. The topological polar surface area (TPSA) is 96.5 Å². The molecule has 1 aliphatic heterocycles. The molecule has 0 saturated carbocycles. The lowest BCUT2D eigenvalue weighted by atomic mass is 9.93. The minimum atomic E-state index is -0.276. The Morgan fingerprint density at radius 2 is 2.09 bits per heavy atom. The first-order valence-electron chi connectivity index (χ1n) is 11.8. The summed E-state index contributed by atoms with van der Waals surface area (Å²) in [5, 5.41) is 8.72. The second kappa shape index (κ2) is 11.3. The Bertz CT molecular complexity index is 971. The molecule has 2 N–H and O–H groups in total. The van der Waals surface area contributed by atoms with Gasteiger partial charge < -0.3 is 20.3 Å². The third-order valence-electron chi connectivity index (χ3n) is 5.83. The van der Waals surface area contributed by atoms with Crippen molar-refractivity contribution >= 4 is 29.0 Å². The van der Waals surface area contributed by atoms with Gasteiger partial charge in [-0.2, -0.15) is 0 Å². The molecule has 1 saturated heterocycles. The van der Waals surface area contributed by atoms with Crippen molar-refractivity contribution in [2.45, 2.75) is 59.0 Å². The number of hydrogen-bond acceptors (Lipinski definition) is 8. The fraction of sp³-hybridized carbons (Fsp3) is 0.600. The molecule has 0 spiro atoms. The molecule has 0 radical (unpaired) electrons. The van der Waals surface area contributed by atoms with Crippen molar-refractivity contribution in [2.75, 3.05) is 32.1 Å². The molecule has 3 heterocycles. The maximum atomic E-state index is 13.9. The van der Waals surface area contributed by atoms with Crippen molar-refractivity contribution in [1.29, 1.82) is 0 Å². The van der Waals surface area contributed by atoms with Gasteiger partial charge in [-0.15, -0.1) is 11.3 Å². The van der Waals surface area contributed by atoms with Gasteiger partial charge in [0.25, 0.3) is 5.91 Å². The highest BCUT2D eigenvalue weighted by Gasteiger charge is 2.35. The number of carbonyl (C=O) groups excluding carboxylic acids is 2. The van der Waals surface area contributed by atoms with Gasteiger partial charge >= 0.3 is 5.97 Å². The largest absolute Gasteiger partial charge is 0.469 e. The van der Waals surface area contributed by atoms with Crippen LogP contribution in [0.5, 0.6) is 0 Å². The molecule has 1 amide bonds. The molecule has 0 aromatic carbocycles. The number of carbonyl (C=O) groups is 2. The number of hydrogen-bond donors (Lipinski definition) is 2. The zero-order valence-corrected chi connectivity index (χ0v) is 21.9. The molecule has 1 aliphatic rings. The summed E-state index contributed by atoms with van der Waals surface area (Å²) in [5.74, 6) is 0.839. The SMILES string of the molecule is COC(=O)[C@H]1CNC[C@@H](N(CC(C)C)C(=O)c2cnc(C(C)(C)C)nc2NCc2cccs2)C1. The molecule has 9 heteroatoms. The number of thiophene rings is 1. The molecule has 0 unspecified atom stereocenters. The fourth-order valence-corrected chi connectivity index (χ4v) is 4.71. The third kappa shape index (κ3) is 6.54. The number of amides is 1. The maximum absolute atomic E-state index is 13.9. The summed E-state index contributed by atoms with van der Waals surface area (Å²) < 4.78 is 4.96. The molecule has 8 nitrogen and oxygen atoms in total. The highest BCUT2D eigenvalue weighted by Crippen LogP contribution is 2.26.